The Kier molecular flexibility index (Phi) is 3.09. The lowest BCUT2D eigenvalue weighted by Gasteiger charge is -2.03. The van der Waals surface area contributed by atoms with Crippen LogP contribution in [0.2, 0.25) is 0 Å². The molecule has 2 heterocycles. The highest BCUT2D eigenvalue weighted by molar-refractivity contribution is 5.85. The largest absolute Gasteiger partial charge is 0.439 e. The van der Waals surface area contributed by atoms with Crippen LogP contribution < -0.4 is 17.0 Å². The summed E-state index contributed by atoms with van der Waals surface area (Å²) in [7, 11) is 0. The monoisotopic (exact) mass is 286 g/mol. The van der Waals surface area contributed by atoms with E-state index in [2.05, 4.69) is 9.97 Å². The fraction of sp³-hybridized carbons (Fsp3) is 0.214. The van der Waals surface area contributed by atoms with Crippen LogP contribution >= 0.6 is 0 Å². The normalized spacial score (nSPS) is 11.1. The summed E-state index contributed by atoms with van der Waals surface area (Å²) in [6, 6.07) is 5.26. The number of para-hydroxylation sites is 1. The minimum Gasteiger partial charge on any atom is -0.439 e. The fourth-order valence-corrected chi connectivity index (χ4v) is 2.15. The average molecular weight is 286 g/mol. The molecule has 0 saturated carbocycles. The maximum absolute atomic E-state index is 11.8. The van der Waals surface area contributed by atoms with E-state index in [1.54, 1.807) is 18.2 Å². The molecule has 3 rings (SSSR count). The summed E-state index contributed by atoms with van der Waals surface area (Å²) >= 11 is 0. The molecule has 0 atom stereocenters. The Morgan fingerprint density at radius 3 is 2.90 bits per heavy atom. The highest BCUT2D eigenvalue weighted by atomic mass is 16.3. The molecule has 0 amide bonds. The fourth-order valence-electron chi connectivity index (χ4n) is 2.15. The number of oxazole rings is 1. The van der Waals surface area contributed by atoms with Gasteiger partial charge in [0.15, 0.2) is 5.58 Å². The van der Waals surface area contributed by atoms with Gasteiger partial charge in [0.1, 0.15) is 12.1 Å². The number of nitrogens with zero attached hydrogens (tertiary/aromatic N) is 2. The molecule has 3 aromatic rings. The topological polar surface area (TPSA) is 107 Å². The van der Waals surface area contributed by atoms with Crippen molar-refractivity contribution in [1.29, 1.82) is 0 Å². The minimum absolute atomic E-state index is 0.136. The number of aryl methyl sites for hydroxylation is 1. The van der Waals surface area contributed by atoms with Crippen molar-refractivity contribution in [3.63, 3.8) is 0 Å². The zero-order valence-electron chi connectivity index (χ0n) is 11.4. The summed E-state index contributed by atoms with van der Waals surface area (Å²) in [6.45, 7) is 1.98. The summed E-state index contributed by atoms with van der Waals surface area (Å²) in [5, 5.41) is 0. The van der Waals surface area contributed by atoms with Crippen LogP contribution in [0.5, 0.6) is 0 Å². The van der Waals surface area contributed by atoms with Gasteiger partial charge in [-0.15, -0.1) is 0 Å². The van der Waals surface area contributed by atoms with Crippen molar-refractivity contribution >= 4 is 16.8 Å². The minimum atomic E-state index is -0.493. The summed E-state index contributed by atoms with van der Waals surface area (Å²) in [5.41, 5.74) is 7.16. The van der Waals surface area contributed by atoms with E-state index in [-0.39, 0.29) is 12.1 Å². The molecular formula is C14H14N4O3. The van der Waals surface area contributed by atoms with E-state index in [0.717, 1.165) is 0 Å². The lowest BCUT2D eigenvalue weighted by atomic mass is 10.3. The van der Waals surface area contributed by atoms with E-state index in [1.807, 2.05) is 6.92 Å². The molecule has 1 aromatic carbocycles. The van der Waals surface area contributed by atoms with Gasteiger partial charge >= 0.3 is 5.69 Å². The van der Waals surface area contributed by atoms with Crippen molar-refractivity contribution in [2.24, 2.45) is 0 Å². The smallest absolute Gasteiger partial charge is 0.328 e. The van der Waals surface area contributed by atoms with E-state index >= 15 is 0 Å². The molecule has 3 N–H and O–H groups in total. The first-order valence-electron chi connectivity index (χ1n) is 6.55. The summed E-state index contributed by atoms with van der Waals surface area (Å²) in [5.74, 6) is 0.360. The van der Waals surface area contributed by atoms with Crippen LogP contribution in [0.15, 0.2) is 38.4 Å². The number of aromatic nitrogens is 3. The number of rotatable bonds is 3. The molecule has 0 aliphatic rings. The lowest BCUT2D eigenvalue weighted by molar-refractivity contribution is 0.499. The second kappa shape index (κ2) is 4.93. The van der Waals surface area contributed by atoms with Gasteiger partial charge in [0.2, 0.25) is 5.89 Å². The van der Waals surface area contributed by atoms with Crippen LogP contribution in [-0.4, -0.2) is 14.5 Å². The predicted molar refractivity (Wildman–Crippen MR) is 78.2 cm³/mol. The van der Waals surface area contributed by atoms with Crippen LogP contribution in [0.1, 0.15) is 18.4 Å². The van der Waals surface area contributed by atoms with E-state index < -0.39 is 5.69 Å². The van der Waals surface area contributed by atoms with Crippen molar-refractivity contribution in [3.8, 4) is 0 Å². The van der Waals surface area contributed by atoms with Crippen molar-refractivity contribution < 1.29 is 4.42 Å². The Morgan fingerprint density at radius 1 is 1.38 bits per heavy atom. The first-order chi connectivity index (χ1) is 10.1. The molecule has 7 nitrogen and oxygen atoms in total. The average Bonchev–Trinajstić information content (AvgIpc) is 2.86. The number of H-pyrrole nitrogens is 1. The van der Waals surface area contributed by atoms with Gasteiger partial charge in [-0.05, 0) is 18.6 Å². The summed E-state index contributed by atoms with van der Waals surface area (Å²) in [6.07, 6.45) is 2.06. The Bertz CT molecular complexity index is 920. The molecule has 108 valence electrons. The Balaban J connectivity index is 2.04. The number of nitrogen functional groups attached to an aromatic ring is 1. The molecule has 0 fully saturated rings. The second-order valence-electron chi connectivity index (χ2n) is 4.70. The zero-order valence-corrected chi connectivity index (χ0v) is 11.4. The van der Waals surface area contributed by atoms with E-state index in [0.29, 0.717) is 34.7 Å². The molecule has 0 aliphatic carbocycles. The predicted octanol–water partition coefficient (Wildman–Crippen LogP) is 0.871. The Labute approximate surface area is 119 Å². The summed E-state index contributed by atoms with van der Waals surface area (Å²) in [4.78, 5) is 29.9. The maximum atomic E-state index is 11.8. The number of benzene rings is 1. The van der Waals surface area contributed by atoms with Gasteiger partial charge < -0.3 is 10.2 Å². The van der Waals surface area contributed by atoms with Gasteiger partial charge in [0.05, 0.1) is 5.69 Å². The first-order valence-corrected chi connectivity index (χ1v) is 6.55. The van der Waals surface area contributed by atoms with Gasteiger partial charge in [-0.1, -0.05) is 13.0 Å². The molecular weight excluding hydrogens is 272 g/mol. The van der Waals surface area contributed by atoms with Gasteiger partial charge in [0, 0.05) is 11.8 Å². The van der Waals surface area contributed by atoms with E-state index in [4.69, 9.17) is 10.2 Å². The molecule has 7 heteroatoms. The number of nitrogens with one attached hydrogen (secondary N) is 1. The zero-order chi connectivity index (χ0) is 15.0. The molecule has 0 spiro atoms. The molecule has 0 aliphatic heterocycles. The number of aromatic amines is 1. The molecule has 0 unspecified atom stereocenters. The van der Waals surface area contributed by atoms with Crippen molar-refractivity contribution in [1.82, 2.24) is 14.5 Å². The summed E-state index contributed by atoms with van der Waals surface area (Å²) < 4.78 is 6.93. The number of hydrogen-bond donors (Lipinski definition) is 2. The second-order valence-corrected chi connectivity index (χ2v) is 4.70. The van der Waals surface area contributed by atoms with Gasteiger partial charge in [-0.3, -0.25) is 14.3 Å². The van der Waals surface area contributed by atoms with Crippen LogP contribution in [0, 0.1) is 0 Å². The number of hydrogen-bond acceptors (Lipinski definition) is 5. The molecule has 0 radical (unpaired) electrons. The molecule has 0 bridgehead atoms. The highest BCUT2D eigenvalue weighted by Crippen LogP contribution is 2.21. The van der Waals surface area contributed by atoms with Gasteiger partial charge in [-0.25, -0.2) is 9.78 Å². The molecule has 0 saturated heterocycles. The van der Waals surface area contributed by atoms with Crippen LogP contribution in [0.25, 0.3) is 11.1 Å². The standard InChI is InChI=1S/C14H14N4O3/c1-2-8-6-18(14(20)17-13(8)19)7-11-16-12-9(15)4-3-5-10(12)21-11/h3-6H,2,7,15H2,1H3,(H,17,19,20). The molecule has 21 heavy (non-hydrogen) atoms. The van der Waals surface area contributed by atoms with E-state index in [1.165, 1.54) is 10.8 Å². The lowest BCUT2D eigenvalue weighted by Crippen LogP contribution is -2.31. The van der Waals surface area contributed by atoms with Crippen molar-refractivity contribution in [2.45, 2.75) is 19.9 Å². The third-order valence-electron chi connectivity index (χ3n) is 3.27. The SMILES string of the molecule is CCc1cn(Cc2nc3c(N)cccc3o2)c(=O)[nH]c1=O. The van der Waals surface area contributed by atoms with Crippen LogP contribution in [-0.2, 0) is 13.0 Å². The van der Waals surface area contributed by atoms with Gasteiger partial charge in [0.25, 0.3) is 5.56 Å². The third-order valence-corrected chi connectivity index (χ3v) is 3.27. The quantitative estimate of drug-likeness (QED) is 0.695. The van der Waals surface area contributed by atoms with E-state index in [9.17, 15) is 9.59 Å². The van der Waals surface area contributed by atoms with Crippen LogP contribution in [0.4, 0.5) is 5.69 Å². The number of anilines is 1. The maximum Gasteiger partial charge on any atom is 0.328 e. The van der Waals surface area contributed by atoms with Crippen molar-refractivity contribution in [3.05, 3.63) is 56.7 Å². The molecule has 2 aromatic heterocycles. The third kappa shape index (κ3) is 2.33. The Morgan fingerprint density at radius 2 is 2.19 bits per heavy atom. The Hall–Kier alpha value is -2.83. The van der Waals surface area contributed by atoms with Gasteiger partial charge in [-0.2, -0.15) is 0 Å². The first kappa shape index (κ1) is 13.2. The number of fused-ring (bicyclic) bond motifs is 1. The number of nitrogens with two attached hydrogens (primary N) is 1. The van der Waals surface area contributed by atoms with Crippen LogP contribution in [0.3, 0.4) is 0 Å². The van der Waals surface area contributed by atoms with Crippen molar-refractivity contribution in [2.75, 3.05) is 5.73 Å². The highest BCUT2D eigenvalue weighted by Gasteiger charge is 2.10.